The third-order valence-electron chi connectivity index (χ3n) is 1.52. The fraction of sp³-hybridized carbons (Fsp3) is 0.222. The maximum Gasteiger partial charge on any atom is 0.301 e. The second-order valence-electron chi connectivity index (χ2n) is 2.48. The van der Waals surface area contributed by atoms with Gasteiger partial charge in [0.1, 0.15) is 5.82 Å². The molecule has 0 aliphatic heterocycles. The van der Waals surface area contributed by atoms with Gasteiger partial charge in [0.2, 0.25) is 0 Å². The first-order chi connectivity index (χ1) is 5.68. The molecule has 1 aromatic carbocycles. The molecule has 0 spiro atoms. The van der Waals surface area contributed by atoms with E-state index in [1.54, 1.807) is 0 Å². The first-order valence-electron chi connectivity index (χ1n) is 3.61. The van der Waals surface area contributed by atoms with E-state index >= 15 is 0 Å². The molecule has 0 aliphatic rings. The minimum absolute atomic E-state index is 0.133. The lowest BCUT2D eigenvalue weighted by Crippen LogP contribution is -1.92. The van der Waals surface area contributed by atoms with Crippen molar-refractivity contribution < 1.29 is 13.6 Å². The number of aryl methyl sites for hydroxylation is 1. The summed E-state index contributed by atoms with van der Waals surface area (Å²) in [7, 11) is 0. The molecule has 0 aromatic heterocycles. The topological polar surface area (TPSA) is 17.1 Å². The average Bonchev–Trinajstić information content (AvgIpc) is 2.03. The second-order valence-corrected chi connectivity index (χ2v) is 2.48. The third-order valence-corrected chi connectivity index (χ3v) is 1.52. The lowest BCUT2D eigenvalue weighted by Gasteiger charge is -1.96. The molecular weight excluding hydrogens is 162 g/mol. The molecule has 1 aromatic rings. The van der Waals surface area contributed by atoms with Crippen molar-refractivity contribution in [3.63, 3.8) is 0 Å². The Labute approximate surface area is 69.0 Å². The molecule has 0 radical (unpaired) electrons. The van der Waals surface area contributed by atoms with Gasteiger partial charge in [0.05, 0.1) is 0 Å². The maximum atomic E-state index is 12.3. The summed E-state index contributed by atoms with van der Waals surface area (Å²) in [5.41, 5.74) is 0.766. The van der Waals surface area contributed by atoms with Gasteiger partial charge in [-0.3, -0.25) is 4.79 Å². The lowest BCUT2D eigenvalue weighted by atomic mass is 10.1. The second kappa shape index (κ2) is 3.95. The molecule has 1 rings (SSSR count). The van der Waals surface area contributed by atoms with Gasteiger partial charge in [0.25, 0.3) is 0 Å². The Hall–Kier alpha value is -1.25. The summed E-state index contributed by atoms with van der Waals surface area (Å²) in [6.07, 6.45) is 0.196. The number of hydrogen-bond acceptors (Lipinski definition) is 1. The molecule has 3 heteroatoms. The van der Waals surface area contributed by atoms with E-state index in [2.05, 4.69) is 0 Å². The summed E-state index contributed by atoms with van der Waals surface area (Å²) in [5.74, 6) is -0.328. The Morgan fingerprint density at radius 3 is 2.33 bits per heavy atom. The highest BCUT2D eigenvalue weighted by molar-refractivity contribution is 5.68. The van der Waals surface area contributed by atoms with Gasteiger partial charge < -0.3 is 0 Å². The van der Waals surface area contributed by atoms with Gasteiger partial charge in [-0.1, -0.05) is 12.1 Å². The van der Waals surface area contributed by atoms with Gasteiger partial charge in [-0.05, 0) is 24.1 Å². The Bertz CT molecular complexity index is 266. The molecule has 0 amide bonds. The van der Waals surface area contributed by atoms with Gasteiger partial charge >= 0.3 is 6.04 Å². The van der Waals surface area contributed by atoms with E-state index in [-0.39, 0.29) is 12.2 Å². The van der Waals surface area contributed by atoms with E-state index in [4.69, 9.17) is 0 Å². The third kappa shape index (κ3) is 2.78. The van der Waals surface area contributed by atoms with Crippen LogP contribution in [-0.4, -0.2) is 6.04 Å². The molecule has 0 aliphatic carbocycles. The molecule has 0 N–H and O–H groups in total. The molecule has 0 saturated carbocycles. The number of carbonyl (C=O) groups excluding carboxylic acids is 1. The smallest absolute Gasteiger partial charge is 0.261 e. The van der Waals surface area contributed by atoms with E-state index in [1.165, 1.54) is 24.3 Å². The zero-order chi connectivity index (χ0) is 8.97. The van der Waals surface area contributed by atoms with Crippen LogP contribution in [0, 0.1) is 5.82 Å². The number of benzene rings is 1. The summed E-state index contributed by atoms with van der Waals surface area (Å²) in [4.78, 5) is 9.94. The van der Waals surface area contributed by atoms with Gasteiger partial charge in [0, 0.05) is 6.42 Å². The summed E-state index contributed by atoms with van der Waals surface area (Å²) in [5, 5.41) is 0. The number of rotatable bonds is 3. The zero-order valence-electron chi connectivity index (χ0n) is 6.39. The molecule has 0 atom stereocenters. The largest absolute Gasteiger partial charge is 0.301 e. The van der Waals surface area contributed by atoms with Crippen LogP contribution in [-0.2, 0) is 11.2 Å². The van der Waals surface area contributed by atoms with Crippen molar-refractivity contribution in [2.75, 3.05) is 0 Å². The van der Waals surface area contributed by atoms with Crippen molar-refractivity contribution in [2.45, 2.75) is 12.8 Å². The highest BCUT2D eigenvalue weighted by Gasteiger charge is 1.99. The summed E-state index contributed by atoms with van der Waals surface area (Å²) < 4.78 is 24.1. The van der Waals surface area contributed by atoms with Crippen molar-refractivity contribution >= 4 is 6.04 Å². The quantitative estimate of drug-likeness (QED) is 0.636. The van der Waals surface area contributed by atoms with E-state index in [0.717, 1.165) is 5.56 Å². The van der Waals surface area contributed by atoms with Gasteiger partial charge in [-0.15, -0.1) is 0 Å². The summed E-state index contributed by atoms with van der Waals surface area (Å²) >= 11 is 0. The first kappa shape index (κ1) is 8.84. The van der Waals surface area contributed by atoms with Crippen molar-refractivity contribution in [1.82, 2.24) is 0 Å². The molecule has 12 heavy (non-hydrogen) atoms. The standard InChI is InChI=1S/C9H8F2O/c10-8-4-1-7(2-5-8)3-6-9(11)12/h1-2,4-5H,3,6H2. The number of hydrogen-bond donors (Lipinski definition) is 0. The van der Waals surface area contributed by atoms with Crippen molar-refractivity contribution in [1.29, 1.82) is 0 Å². The fourth-order valence-corrected chi connectivity index (χ4v) is 0.894. The molecule has 0 bridgehead atoms. The maximum absolute atomic E-state index is 12.3. The Morgan fingerprint density at radius 1 is 1.25 bits per heavy atom. The first-order valence-corrected chi connectivity index (χ1v) is 3.61. The van der Waals surface area contributed by atoms with Crippen LogP contribution in [0.25, 0.3) is 0 Å². The zero-order valence-corrected chi connectivity index (χ0v) is 6.39. The minimum atomic E-state index is -1.33. The van der Waals surface area contributed by atoms with Crippen LogP contribution in [0.3, 0.4) is 0 Å². The highest BCUT2D eigenvalue weighted by Crippen LogP contribution is 2.05. The average molecular weight is 170 g/mol. The predicted octanol–water partition coefficient (Wildman–Crippen LogP) is 2.25. The van der Waals surface area contributed by atoms with Gasteiger partial charge in [-0.2, -0.15) is 4.39 Å². The molecule has 64 valence electrons. The van der Waals surface area contributed by atoms with E-state index in [1.807, 2.05) is 0 Å². The summed E-state index contributed by atoms with van der Waals surface area (Å²) in [6.45, 7) is 0. The van der Waals surface area contributed by atoms with E-state index < -0.39 is 6.04 Å². The summed E-state index contributed by atoms with van der Waals surface area (Å²) in [6, 6.07) is 4.33. The molecule has 0 fully saturated rings. The van der Waals surface area contributed by atoms with Gasteiger partial charge in [0.15, 0.2) is 0 Å². The van der Waals surface area contributed by atoms with E-state index in [0.29, 0.717) is 6.42 Å². The Balaban J connectivity index is 2.53. The normalized spacial score (nSPS) is 9.83. The molecule has 1 nitrogen and oxygen atoms in total. The van der Waals surface area contributed by atoms with Crippen LogP contribution < -0.4 is 0 Å². The SMILES string of the molecule is O=C(F)CCc1ccc(F)cc1. The van der Waals surface area contributed by atoms with Crippen LogP contribution in [0.4, 0.5) is 8.78 Å². The molecule has 0 heterocycles. The van der Waals surface area contributed by atoms with Crippen LogP contribution in [0.1, 0.15) is 12.0 Å². The highest BCUT2D eigenvalue weighted by atomic mass is 19.1. The van der Waals surface area contributed by atoms with Crippen molar-refractivity contribution in [3.05, 3.63) is 35.6 Å². The molecule has 0 saturated heterocycles. The van der Waals surface area contributed by atoms with Crippen LogP contribution in [0.2, 0.25) is 0 Å². The van der Waals surface area contributed by atoms with Gasteiger partial charge in [-0.25, -0.2) is 4.39 Å². The van der Waals surface area contributed by atoms with Crippen molar-refractivity contribution in [2.24, 2.45) is 0 Å². The van der Waals surface area contributed by atoms with Crippen LogP contribution in [0.15, 0.2) is 24.3 Å². The monoisotopic (exact) mass is 170 g/mol. The molecular formula is C9H8F2O. The number of carbonyl (C=O) groups is 1. The predicted molar refractivity (Wildman–Crippen MR) is 40.8 cm³/mol. The van der Waals surface area contributed by atoms with Crippen molar-refractivity contribution in [3.8, 4) is 0 Å². The van der Waals surface area contributed by atoms with Crippen LogP contribution in [0.5, 0.6) is 0 Å². The van der Waals surface area contributed by atoms with E-state index in [9.17, 15) is 13.6 Å². The Kier molecular flexibility index (Phi) is 2.91. The number of halogens is 2. The Morgan fingerprint density at radius 2 is 1.83 bits per heavy atom. The minimum Gasteiger partial charge on any atom is -0.261 e. The molecule has 0 unspecified atom stereocenters. The van der Waals surface area contributed by atoms with Crippen LogP contribution >= 0.6 is 0 Å². The fourth-order valence-electron chi connectivity index (χ4n) is 0.894. The lowest BCUT2D eigenvalue weighted by molar-refractivity contribution is -0.129.